The van der Waals surface area contributed by atoms with Gasteiger partial charge in [0.2, 0.25) is 11.8 Å². The molecule has 0 aliphatic carbocycles. The Balaban J connectivity index is 0.879. The van der Waals surface area contributed by atoms with E-state index < -0.39 is 6.04 Å². The number of rotatable bonds is 18. The lowest BCUT2D eigenvalue weighted by molar-refractivity contribution is -0.136. The van der Waals surface area contributed by atoms with Crippen molar-refractivity contribution < 1.29 is 23.9 Å². The number of nitrogens with zero attached hydrogens (tertiary/aromatic N) is 3. The van der Waals surface area contributed by atoms with Crippen molar-refractivity contribution in [1.82, 2.24) is 20.2 Å². The number of unbranched alkanes of at least 4 members (excludes halogenated alkanes) is 7. The van der Waals surface area contributed by atoms with Gasteiger partial charge in [-0.2, -0.15) is 0 Å². The van der Waals surface area contributed by atoms with Gasteiger partial charge >= 0.3 is 0 Å². The maximum absolute atomic E-state index is 13.1. The first-order valence-corrected chi connectivity index (χ1v) is 19.5. The highest BCUT2D eigenvalue weighted by Gasteiger charge is 2.39. The number of carbonyl (C=O) groups is 3. The molecule has 1 saturated heterocycles. The minimum Gasteiger partial charge on any atom is -0.493 e. The van der Waals surface area contributed by atoms with Crippen molar-refractivity contribution in [2.75, 3.05) is 30.9 Å². The van der Waals surface area contributed by atoms with Gasteiger partial charge in [-0.3, -0.25) is 19.7 Å². The molecule has 2 aliphatic rings. The van der Waals surface area contributed by atoms with E-state index in [2.05, 4.69) is 50.9 Å². The molecular weight excluding hydrogens is 736 g/mol. The summed E-state index contributed by atoms with van der Waals surface area (Å²) >= 11 is 3.56. The van der Waals surface area contributed by atoms with Crippen molar-refractivity contribution in [3.8, 4) is 11.5 Å². The first kappa shape index (κ1) is 38.0. The Morgan fingerprint density at radius 1 is 0.943 bits per heavy atom. The zero-order valence-electron chi connectivity index (χ0n) is 30.8. The van der Waals surface area contributed by atoms with Gasteiger partial charge in [0, 0.05) is 52.2 Å². The highest BCUT2D eigenvalue weighted by atomic mass is 79.9. The smallest absolute Gasteiger partial charge is 0.255 e. The molecule has 0 radical (unpaired) electrons. The highest BCUT2D eigenvalue weighted by Crippen LogP contribution is 2.36. The first-order valence-electron chi connectivity index (χ1n) is 18.7. The number of ether oxygens (including phenoxy) is 2. The van der Waals surface area contributed by atoms with Crippen molar-refractivity contribution >= 4 is 56.1 Å². The van der Waals surface area contributed by atoms with Crippen LogP contribution in [0.25, 0.3) is 10.9 Å². The molecule has 4 aromatic rings. The van der Waals surface area contributed by atoms with Crippen LogP contribution in [0.4, 0.5) is 11.5 Å². The molecule has 280 valence electrons. The van der Waals surface area contributed by atoms with E-state index in [1.54, 1.807) is 12.0 Å². The second kappa shape index (κ2) is 17.9. The molecule has 53 heavy (non-hydrogen) atoms. The molecular formula is C41H49BrN6O5. The number of nitrogens with one attached hydrogen (secondary N) is 3. The van der Waals surface area contributed by atoms with E-state index >= 15 is 0 Å². The van der Waals surface area contributed by atoms with Gasteiger partial charge in [0.05, 0.1) is 25.3 Å². The Morgan fingerprint density at radius 2 is 1.70 bits per heavy atom. The van der Waals surface area contributed by atoms with Crippen LogP contribution in [0.2, 0.25) is 0 Å². The van der Waals surface area contributed by atoms with Crippen molar-refractivity contribution in [2.45, 2.75) is 96.7 Å². The number of imide groups is 1. The number of benzene rings is 3. The fraction of sp³-hybridized carbons (Fsp3) is 0.439. The second-order valence-corrected chi connectivity index (χ2v) is 14.8. The lowest BCUT2D eigenvalue weighted by atomic mass is 10.0. The predicted molar refractivity (Wildman–Crippen MR) is 210 cm³/mol. The van der Waals surface area contributed by atoms with Crippen LogP contribution in [0.5, 0.6) is 11.5 Å². The molecule has 11 nitrogen and oxygen atoms in total. The van der Waals surface area contributed by atoms with Gasteiger partial charge < -0.3 is 25.0 Å². The number of aryl methyl sites for hydroxylation is 1. The number of fused-ring (bicyclic) bond motifs is 2. The number of piperidine rings is 1. The Bertz CT molecular complexity index is 1950. The minimum absolute atomic E-state index is 0.0433. The van der Waals surface area contributed by atoms with Crippen LogP contribution >= 0.6 is 15.9 Å². The number of amides is 3. The molecule has 2 aliphatic heterocycles. The molecule has 2 atom stereocenters. The summed E-state index contributed by atoms with van der Waals surface area (Å²) in [7, 11) is 1.66. The van der Waals surface area contributed by atoms with Crippen molar-refractivity contribution in [3.05, 3.63) is 81.6 Å². The summed E-state index contributed by atoms with van der Waals surface area (Å²) < 4.78 is 13.0. The fourth-order valence-corrected chi connectivity index (χ4v) is 7.56. The third-order valence-corrected chi connectivity index (χ3v) is 10.5. The molecule has 12 heteroatoms. The molecule has 1 fully saturated rings. The van der Waals surface area contributed by atoms with Crippen LogP contribution in [0.15, 0.2) is 59.1 Å². The molecule has 3 aromatic carbocycles. The third kappa shape index (κ3) is 9.45. The third-order valence-electron chi connectivity index (χ3n) is 10.0. The summed E-state index contributed by atoms with van der Waals surface area (Å²) in [4.78, 5) is 48.0. The van der Waals surface area contributed by atoms with Gasteiger partial charge in [-0.25, -0.2) is 9.97 Å². The fourth-order valence-electron chi connectivity index (χ4n) is 7.14. The van der Waals surface area contributed by atoms with E-state index in [4.69, 9.17) is 19.4 Å². The van der Waals surface area contributed by atoms with Crippen LogP contribution in [-0.4, -0.2) is 58.9 Å². The maximum Gasteiger partial charge on any atom is 0.255 e. The SMILES string of the molecule is COc1cc2c(NC(C)c3cccc(Br)c3)nc(C)nc2cc1OCCCCCCCCCCNc1cccc2c1CN(C1CCC(=O)NC1=O)C2=O. The topological polar surface area (TPSA) is 135 Å². The normalized spacial score (nSPS) is 16.0. The molecule has 1 aromatic heterocycles. The van der Waals surface area contributed by atoms with Gasteiger partial charge in [-0.15, -0.1) is 0 Å². The Hall–Kier alpha value is -4.71. The molecule has 0 spiro atoms. The van der Waals surface area contributed by atoms with Crippen molar-refractivity contribution in [2.24, 2.45) is 0 Å². The molecule has 3 N–H and O–H groups in total. The molecule has 3 amide bonds. The predicted octanol–water partition coefficient (Wildman–Crippen LogP) is 8.26. The standard InChI is InChI=1S/C41H49BrN6O5/c1-26(28-14-12-15-29(42)22-28)44-39-31-23-36(52-3)37(24-34(31)45-27(2)46-39)53-21-11-9-7-5-4-6-8-10-20-43-33-17-13-16-30-32(33)25-48(41(30)51)35-18-19-38(49)47-40(35)50/h12-17,22-24,26,35,43H,4-11,18-21,25H2,1-3H3,(H,44,45,46)(H,47,49,50). The Kier molecular flexibility index (Phi) is 12.8. The summed E-state index contributed by atoms with van der Waals surface area (Å²) in [5.74, 6) is 1.99. The van der Waals surface area contributed by atoms with Crippen LogP contribution < -0.4 is 25.4 Å². The molecule has 2 unspecified atom stereocenters. The van der Waals surface area contributed by atoms with Gasteiger partial charge in [-0.1, -0.05) is 72.7 Å². The first-order chi connectivity index (χ1) is 25.7. The average Bonchev–Trinajstić information content (AvgIpc) is 3.47. The summed E-state index contributed by atoms with van der Waals surface area (Å²) in [5.41, 5.74) is 4.47. The molecule has 3 heterocycles. The van der Waals surface area contributed by atoms with E-state index in [9.17, 15) is 14.4 Å². The van der Waals surface area contributed by atoms with Crippen LogP contribution in [-0.2, 0) is 16.1 Å². The van der Waals surface area contributed by atoms with Gasteiger partial charge in [0.25, 0.3) is 5.91 Å². The quantitative estimate of drug-likeness (QED) is 0.0674. The van der Waals surface area contributed by atoms with Crippen LogP contribution in [0.3, 0.4) is 0 Å². The summed E-state index contributed by atoms with van der Waals surface area (Å²) in [6.07, 6.45) is 9.62. The molecule has 6 rings (SSSR count). The van der Waals surface area contributed by atoms with E-state index in [0.717, 1.165) is 70.2 Å². The molecule has 0 saturated carbocycles. The highest BCUT2D eigenvalue weighted by molar-refractivity contribution is 9.10. The largest absolute Gasteiger partial charge is 0.493 e. The summed E-state index contributed by atoms with van der Waals surface area (Å²) in [6.45, 7) is 5.83. The zero-order chi connectivity index (χ0) is 37.3. The monoisotopic (exact) mass is 784 g/mol. The van der Waals surface area contributed by atoms with Crippen molar-refractivity contribution in [1.29, 1.82) is 0 Å². The van der Waals surface area contributed by atoms with Crippen LogP contribution in [0, 0.1) is 6.92 Å². The van der Waals surface area contributed by atoms with Crippen LogP contribution in [0.1, 0.15) is 104 Å². The van der Waals surface area contributed by atoms with Gasteiger partial charge in [-0.05, 0) is 69.0 Å². The van der Waals surface area contributed by atoms with E-state index in [0.29, 0.717) is 42.5 Å². The number of halogens is 1. The molecule has 0 bridgehead atoms. The lowest BCUT2D eigenvalue weighted by Crippen LogP contribution is -2.52. The number of carbonyl (C=O) groups excluding carboxylic acids is 3. The number of hydrogen-bond acceptors (Lipinski definition) is 9. The Labute approximate surface area is 319 Å². The average molecular weight is 786 g/mol. The van der Waals surface area contributed by atoms with Gasteiger partial charge in [0.1, 0.15) is 17.7 Å². The van der Waals surface area contributed by atoms with E-state index in [1.807, 2.05) is 49.4 Å². The maximum atomic E-state index is 13.1. The number of hydrogen-bond donors (Lipinski definition) is 3. The van der Waals surface area contributed by atoms with Crippen molar-refractivity contribution in [3.63, 3.8) is 0 Å². The minimum atomic E-state index is -0.601. The summed E-state index contributed by atoms with van der Waals surface area (Å²) in [5, 5.41) is 10.3. The lowest BCUT2D eigenvalue weighted by Gasteiger charge is -2.29. The zero-order valence-corrected chi connectivity index (χ0v) is 32.4. The second-order valence-electron chi connectivity index (χ2n) is 13.9. The number of anilines is 2. The number of aromatic nitrogens is 2. The Morgan fingerprint density at radius 3 is 2.45 bits per heavy atom. The summed E-state index contributed by atoms with van der Waals surface area (Å²) in [6, 6.07) is 17.3. The van der Waals surface area contributed by atoms with E-state index in [1.165, 1.54) is 25.7 Å². The van der Waals surface area contributed by atoms with E-state index in [-0.39, 0.29) is 30.2 Å². The van der Waals surface area contributed by atoms with Gasteiger partial charge in [0.15, 0.2) is 11.5 Å². The number of methoxy groups -OCH3 is 1.